The maximum Gasteiger partial charge on any atom is 0.123 e. The van der Waals surface area contributed by atoms with Crippen LogP contribution < -0.4 is 0 Å². The smallest absolute Gasteiger partial charge is 0.123 e. The summed E-state index contributed by atoms with van der Waals surface area (Å²) in [5.41, 5.74) is 2.20. The molecular formula is C12H15FO. The van der Waals surface area contributed by atoms with Crippen LogP contribution >= 0.6 is 0 Å². The number of rotatable bonds is 0. The van der Waals surface area contributed by atoms with Crippen LogP contribution in [0.2, 0.25) is 0 Å². The van der Waals surface area contributed by atoms with E-state index in [-0.39, 0.29) is 17.3 Å². The molecule has 0 saturated heterocycles. The van der Waals surface area contributed by atoms with Crippen LogP contribution in [-0.2, 0) is 11.3 Å². The summed E-state index contributed by atoms with van der Waals surface area (Å²) in [5.74, 6) is -0.179. The number of benzene rings is 1. The molecule has 1 aromatic carbocycles. The molecule has 2 heteroatoms. The lowest BCUT2D eigenvalue weighted by molar-refractivity contribution is -0.00789. The highest BCUT2D eigenvalue weighted by molar-refractivity contribution is 5.33. The summed E-state index contributed by atoms with van der Waals surface area (Å²) in [4.78, 5) is 0. The number of hydrogen-bond donors (Lipinski definition) is 0. The summed E-state index contributed by atoms with van der Waals surface area (Å²) in [5, 5.41) is 0. The zero-order chi connectivity index (χ0) is 10.3. The Morgan fingerprint density at radius 1 is 1.36 bits per heavy atom. The lowest BCUT2D eigenvalue weighted by atomic mass is 9.84. The number of ether oxygens (including phenoxy) is 1. The molecular weight excluding hydrogens is 179 g/mol. The van der Waals surface area contributed by atoms with Gasteiger partial charge in [-0.25, -0.2) is 4.39 Å². The predicted octanol–water partition coefficient (Wildman–Crippen LogP) is 3.44. The molecule has 76 valence electrons. The minimum atomic E-state index is -0.179. The van der Waals surface area contributed by atoms with Crippen molar-refractivity contribution in [3.05, 3.63) is 35.1 Å². The summed E-state index contributed by atoms with van der Waals surface area (Å²) >= 11 is 0. The van der Waals surface area contributed by atoms with Gasteiger partial charge in [0, 0.05) is 0 Å². The van der Waals surface area contributed by atoms with Gasteiger partial charge in [-0.3, -0.25) is 0 Å². The van der Waals surface area contributed by atoms with E-state index in [2.05, 4.69) is 20.8 Å². The van der Waals surface area contributed by atoms with Crippen LogP contribution in [0.4, 0.5) is 4.39 Å². The molecule has 1 heterocycles. The molecule has 0 amide bonds. The van der Waals surface area contributed by atoms with E-state index in [1.54, 1.807) is 6.07 Å². The Balaban J connectivity index is 2.41. The lowest BCUT2D eigenvalue weighted by Crippen LogP contribution is -2.17. The van der Waals surface area contributed by atoms with Gasteiger partial charge in [0.05, 0.1) is 12.7 Å². The molecule has 14 heavy (non-hydrogen) atoms. The van der Waals surface area contributed by atoms with Gasteiger partial charge in [-0.2, -0.15) is 0 Å². The molecule has 0 spiro atoms. The Kier molecular flexibility index (Phi) is 2.11. The average Bonchev–Trinajstić information content (AvgIpc) is 2.45. The summed E-state index contributed by atoms with van der Waals surface area (Å²) in [6.45, 7) is 6.94. The predicted molar refractivity (Wildman–Crippen MR) is 53.4 cm³/mol. The van der Waals surface area contributed by atoms with Gasteiger partial charge in [0.1, 0.15) is 5.82 Å². The molecule has 0 aliphatic carbocycles. The minimum Gasteiger partial charge on any atom is -0.368 e. The van der Waals surface area contributed by atoms with Crippen LogP contribution in [0.3, 0.4) is 0 Å². The van der Waals surface area contributed by atoms with E-state index in [0.717, 1.165) is 11.1 Å². The Morgan fingerprint density at radius 3 is 2.71 bits per heavy atom. The summed E-state index contributed by atoms with van der Waals surface area (Å²) in [7, 11) is 0. The Morgan fingerprint density at radius 2 is 2.07 bits per heavy atom. The fourth-order valence-electron chi connectivity index (χ4n) is 1.93. The van der Waals surface area contributed by atoms with Crippen LogP contribution in [0.15, 0.2) is 18.2 Å². The molecule has 1 aliphatic heterocycles. The van der Waals surface area contributed by atoms with Crippen LogP contribution in [-0.4, -0.2) is 0 Å². The van der Waals surface area contributed by atoms with Crippen molar-refractivity contribution in [2.24, 2.45) is 5.41 Å². The molecule has 0 bridgehead atoms. The van der Waals surface area contributed by atoms with Crippen LogP contribution in [0, 0.1) is 11.2 Å². The van der Waals surface area contributed by atoms with Gasteiger partial charge < -0.3 is 4.74 Å². The van der Waals surface area contributed by atoms with Crippen molar-refractivity contribution in [3.8, 4) is 0 Å². The molecule has 0 saturated carbocycles. The van der Waals surface area contributed by atoms with E-state index in [4.69, 9.17) is 4.74 Å². The fraction of sp³-hybridized carbons (Fsp3) is 0.500. The molecule has 2 rings (SSSR count). The first-order valence-electron chi connectivity index (χ1n) is 4.88. The molecule has 0 aromatic heterocycles. The first-order valence-corrected chi connectivity index (χ1v) is 4.88. The van der Waals surface area contributed by atoms with Crippen molar-refractivity contribution < 1.29 is 9.13 Å². The highest BCUT2D eigenvalue weighted by Gasteiger charge is 2.33. The lowest BCUT2D eigenvalue weighted by Gasteiger charge is -2.26. The molecule has 0 N–H and O–H groups in total. The third-order valence-electron chi connectivity index (χ3n) is 2.58. The first-order chi connectivity index (χ1) is 6.48. The van der Waals surface area contributed by atoms with Crippen molar-refractivity contribution in [2.45, 2.75) is 33.5 Å². The Bertz CT molecular complexity index is 352. The molecule has 1 aromatic rings. The van der Waals surface area contributed by atoms with Gasteiger partial charge in [-0.15, -0.1) is 0 Å². The van der Waals surface area contributed by atoms with Gasteiger partial charge in [0.15, 0.2) is 0 Å². The van der Waals surface area contributed by atoms with E-state index >= 15 is 0 Å². The van der Waals surface area contributed by atoms with Crippen LogP contribution in [0.25, 0.3) is 0 Å². The van der Waals surface area contributed by atoms with Crippen molar-refractivity contribution in [1.29, 1.82) is 0 Å². The quantitative estimate of drug-likeness (QED) is 0.614. The van der Waals surface area contributed by atoms with Crippen molar-refractivity contribution in [2.75, 3.05) is 0 Å². The largest absolute Gasteiger partial charge is 0.368 e. The monoisotopic (exact) mass is 194 g/mol. The first kappa shape index (κ1) is 9.66. The highest BCUT2D eigenvalue weighted by Crippen LogP contribution is 2.42. The topological polar surface area (TPSA) is 9.23 Å². The standard InChI is InChI=1S/C12H15FO/c1-12(2,3)11-10-5-4-9(13)6-8(10)7-14-11/h4-6,11H,7H2,1-3H3. The number of halogens is 1. The summed E-state index contributed by atoms with van der Waals surface area (Å²) in [6.07, 6.45) is 0.0955. The second-order valence-corrected chi connectivity index (χ2v) is 4.90. The zero-order valence-corrected chi connectivity index (χ0v) is 8.80. The van der Waals surface area contributed by atoms with Gasteiger partial charge in [0.2, 0.25) is 0 Å². The molecule has 1 nitrogen and oxygen atoms in total. The van der Waals surface area contributed by atoms with Gasteiger partial charge in [-0.05, 0) is 28.7 Å². The molecule has 1 unspecified atom stereocenters. The van der Waals surface area contributed by atoms with E-state index in [0.29, 0.717) is 6.61 Å². The molecule has 1 aliphatic rings. The third-order valence-corrected chi connectivity index (χ3v) is 2.58. The van der Waals surface area contributed by atoms with E-state index in [1.807, 2.05) is 6.07 Å². The molecule has 0 radical (unpaired) electrons. The van der Waals surface area contributed by atoms with Gasteiger partial charge >= 0.3 is 0 Å². The summed E-state index contributed by atoms with van der Waals surface area (Å²) < 4.78 is 18.6. The zero-order valence-electron chi connectivity index (χ0n) is 8.80. The third kappa shape index (κ3) is 1.55. The van der Waals surface area contributed by atoms with Crippen LogP contribution in [0.5, 0.6) is 0 Å². The van der Waals surface area contributed by atoms with Crippen LogP contribution in [0.1, 0.15) is 38.0 Å². The van der Waals surface area contributed by atoms with Gasteiger partial charge in [0.25, 0.3) is 0 Å². The number of fused-ring (bicyclic) bond motifs is 1. The SMILES string of the molecule is CC(C)(C)C1OCc2cc(F)ccc21. The average molecular weight is 194 g/mol. The molecule has 1 atom stereocenters. The number of hydrogen-bond acceptors (Lipinski definition) is 1. The highest BCUT2D eigenvalue weighted by atomic mass is 19.1. The van der Waals surface area contributed by atoms with Crippen molar-refractivity contribution >= 4 is 0 Å². The van der Waals surface area contributed by atoms with Gasteiger partial charge in [-0.1, -0.05) is 26.8 Å². The molecule has 0 fully saturated rings. The van der Waals surface area contributed by atoms with E-state index in [9.17, 15) is 4.39 Å². The maximum absolute atomic E-state index is 12.9. The Hall–Kier alpha value is -0.890. The normalized spacial score (nSPS) is 21.0. The fourth-order valence-corrected chi connectivity index (χ4v) is 1.93. The minimum absolute atomic E-state index is 0.0725. The summed E-state index contributed by atoms with van der Waals surface area (Å²) in [6, 6.07) is 4.92. The van der Waals surface area contributed by atoms with E-state index in [1.165, 1.54) is 6.07 Å². The second kappa shape index (κ2) is 3.06. The Labute approximate surface area is 83.9 Å². The van der Waals surface area contributed by atoms with Crippen molar-refractivity contribution in [1.82, 2.24) is 0 Å². The maximum atomic E-state index is 12.9. The van der Waals surface area contributed by atoms with E-state index < -0.39 is 0 Å². The van der Waals surface area contributed by atoms with Crippen molar-refractivity contribution in [3.63, 3.8) is 0 Å². The second-order valence-electron chi connectivity index (χ2n) is 4.90.